The molecule has 1 heterocycles. The van der Waals surface area contributed by atoms with E-state index in [0.29, 0.717) is 0 Å². The summed E-state index contributed by atoms with van der Waals surface area (Å²) in [5.74, 6) is 0. The Balaban J connectivity index is 2.22. The second-order valence-electron chi connectivity index (χ2n) is 3.51. The van der Waals surface area contributed by atoms with Crippen molar-refractivity contribution in [1.29, 1.82) is 0 Å². The van der Waals surface area contributed by atoms with Crippen LogP contribution in [-0.2, 0) is 13.1 Å². The van der Waals surface area contributed by atoms with Crippen LogP contribution in [0.5, 0.6) is 0 Å². The van der Waals surface area contributed by atoms with Crippen molar-refractivity contribution >= 4 is 0 Å². The molecule has 0 aliphatic rings. The molecule has 0 saturated heterocycles. The highest BCUT2D eigenvalue weighted by molar-refractivity contribution is 5.09. The Bertz CT molecular complexity index is 245. The van der Waals surface area contributed by atoms with Gasteiger partial charge in [0, 0.05) is 32.1 Å². The van der Waals surface area contributed by atoms with E-state index in [1.165, 1.54) is 12.0 Å². The molecule has 3 heteroatoms. The maximum absolute atomic E-state index is 8.59. The van der Waals surface area contributed by atoms with Crippen molar-refractivity contribution in [2.75, 3.05) is 13.2 Å². The average Bonchev–Trinajstić information content (AvgIpc) is 2.61. The van der Waals surface area contributed by atoms with Crippen LogP contribution in [0.15, 0.2) is 18.5 Å². The van der Waals surface area contributed by atoms with Gasteiger partial charge in [0.25, 0.3) is 0 Å². The molecular weight excluding hydrogens is 176 g/mol. The van der Waals surface area contributed by atoms with Gasteiger partial charge in [-0.15, -0.1) is 0 Å². The SMILES string of the molecule is CCCn1ccc(CNCCCO)c1. The van der Waals surface area contributed by atoms with Crippen LogP contribution >= 0.6 is 0 Å². The number of hydrogen-bond acceptors (Lipinski definition) is 2. The zero-order valence-corrected chi connectivity index (χ0v) is 8.87. The molecule has 0 atom stereocenters. The minimum absolute atomic E-state index is 0.268. The topological polar surface area (TPSA) is 37.2 Å². The lowest BCUT2D eigenvalue weighted by atomic mass is 10.3. The third-order valence-corrected chi connectivity index (χ3v) is 2.13. The van der Waals surface area contributed by atoms with Gasteiger partial charge in [0.1, 0.15) is 0 Å². The molecule has 0 aliphatic heterocycles. The predicted molar refractivity (Wildman–Crippen MR) is 58.1 cm³/mol. The maximum Gasteiger partial charge on any atom is 0.0443 e. The Labute approximate surface area is 85.7 Å². The van der Waals surface area contributed by atoms with Crippen molar-refractivity contribution in [3.8, 4) is 0 Å². The quantitative estimate of drug-likeness (QED) is 0.646. The Kier molecular flexibility index (Phi) is 5.33. The highest BCUT2D eigenvalue weighted by Crippen LogP contribution is 2.01. The zero-order chi connectivity index (χ0) is 10.2. The first kappa shape index (κ1) is 11.3. The van der Waals surface area contributed by atoms with Crippen molar-refractivity contribution in [2.24, 2.45) is 0 Å². The van der Waals surface area contributed by atoms with Gasteiger partial charge in [-0.2, -0.15) is 0 Å². The second kappa shape index (κ2) is 6.62. The van der Waals surface area contributed by atoms with Crippen LogP contribution in [-0.4, -0.2) is 22.8 Å². The van der Waals surface area contributed by atoms with Crippen molar-refractivity contribution in [3.63, 3.8) is 0 Å². The van der Waals surface area contributed by atoms with Crippen LogP contribution in [0.2, 0.25) is 0 Å². The fourth-order valence-electron chi connectivity index (χ4n) is 1.43. The van der Waals surface area contributed by atoms with E-state index in [-0.39, 0.29) is 6.61 Å². The van der Waals surface area contributed by atoms with Gasteiger partial charge in [-0.1, -0.05) is 6.92 Å². The van der Waals surface area contributed by atoms with E-state index in [1.54, 1.807) is 0 Å². The van der Waals surface area contributed by atoms with Crippen molar-refractivity contribution in [1.82, 2.24) is 9.88 Å². The molecule has 0 fully saturated rings. The summed E-state index contributed by atoms with van der Waals surface area (Å²) in [6.45, 7) is 5.33. The van der Waals surface area contributed by atoms with Crippen LogP contribution in [0.3, 0.4) is 0 Å². The molecule has 1 aromatic heterocycles. The number of rotatable bonds is 7. The number of nitrogens with one attached hydrogen (secondary N) is 1. The van der Waals surface area contributed by atoms with Gasteiger partial charge in [0.15, 0.2) is 0 Å². The molecule has 0 aromatic carbocycles. The third kappa shape index (κ3) is 3.94. The fourth-order valence-corrected chi connectivity index (χ4v) is 1.43. The minimum Gasteiger partial charge on any atom is -0.396 e. The molecule has 0 amide bonds. The first-order chi connectivity index (χ1) is 6.86. The van der Waals surface area contributed by atoms with Crippen LogP contribution in [0.4, 0.5) is 0 Å². The number of aryl methyl sites for hydroxylation is 1. The van der Waals surface area contributed by atoms with Crippen LogP contribution in [0, 0.1) is 0 Å². The van der Waals surface area contributed by atoms with E-state index in [2.05, 4.69) is 35.3 Å². The standard InChI is InChI=1S/C11H20N2O/c1-2-6-13-7-4-11(10-13)9-12-5-3-8-14/h4,7,10,12,14H,2-3,5-6,8-9H2,1H3. The summed E-state index contributed by atoms with van der Waals surface area (Å²) in [6, 6.07) is 2.14. The Morgan fingerprint density at radius 1 is 1.50 bits per heavy atom. The Hall–Kier alpha value is -0.800. The smallest absolute Gasteiger partial charge is 0.0443 e. The van der Waals surface area contributed by atoms with Gasteiger partial charge in [-0.3, -0.25) is 0 Å². The highest BCUT2D eigenvalue weighted by atomic mass is 16.3. The summed E-state index contributed by atoms with van der Waals surface area (Å²) in [4.78, 5) is 0. The molecule has 1 rings (SSSR count). The number of aromatic nitrogens is 1. The molecule has 1 aromatic rings. The molecular formula is C11H20N2O. The number of hydrogen-bond donors (Lipinski definition) is 2. The molecule has 0 unspecified atom stereocenters. The predicted octanol–water partition coefficient (Wildman–Crippen LogP) is 1.37. The van der Waals surface area contributed by atoms with Gasteiger partial charge < -0.3 is 15.0 Å². The van der Waals surface area contributed by atoms with E-state index >= 15 is 0 Å². The Morgan fingerprint density at radius 3 is 3.07 bits per heavy atom. The van der Waals surface area contributed by atoms with E-state index in [0.717, 1.165) is 26.1 Å². The van der Waals surface area contributed by atoms with Crippen LogP contribution in [0.1, 0.15) is 25.3 Å². The van der Waals surface area contributed by atoms with Gasteiger partial charge in [-0.25, -0.2) is 0 Å². The summed E-state index contributed by atoms with van der Waals surface area (Å²) in [6.07, 6.45) is 6.30. The molecule has 0 spiro atoms. The molecule has 3 nitrogen and oxygen atoms in total. The summed E-state index contributed by atoms with van der Waals surface area (Å²) in [5, 5.41) is 11.9. The van der Waals surface area contributed by atoms with E-state index < -0.39 is 0 Å². The van der Waals surface area contributed by atoms with Crippen molar-refractivity contribution < 1.29 is 5.11 Å². The van der Waals surface area contributed by atoms with Gasteiger partial charge >= 0.3 is 0 Å². The van der Waals surface area contributed by atoms with Crippen molar-refractivity contribution in [2.45, 2.75) is 32.9 Å². The first-order valence-corrected chi connectivity index (χ1v) is 5.33. The average molecular weight is 196 g/mol. The molecule has 0 bridgehead atoms. The molecule has 0 aliphatic carbocycles. The lowest BCUT2D eigenvalue weighted by Gasteiger charge is -2.01. The monoisotopic (exact) mass is 196 g/mol. The minimum atomic E-state index is 0.268. The highest BCUT2D eigenvalue weighted by Gasteiger charge is 1.95. The van der Waals surface area contributed by atoms with Crippen LogP contribution in [0.25, 0.3) is 0 Å². The lowest BCUT2D eigenvalue weighted by molar-refractivity contribution is 0.286. The summed E-state index contributed by atoms with van der Waals surface area (Å²) < 4.78 is 2.21. The van der Waals surface area contributed by atoms with Gasteiger partial charge in [0.2, 0.25) is 0 Å². The number of aliphatic hydroxyl groups is 1. The fraction of sp³-hybridized carbons (Fsp3) is 0.636. The molecule has 80 valence electrons. The summed E-state index contributed by atoms with van der Waals surface area (Å²) >= 11 is 0. The third-order valence-electron chi connectivity index (χ3n) is 2.13. The van der Waals surface area contributed by atoms with Gasteiger partial charge in [0.05, 0.1) is 0 Å². The van der Waals surface area contributed by atoms with Gasteiger partial charge in [-0.05, 0) is 31.0 Å². The lowest BCUT2D eigenvalue weighted by Crippen LogP contribution is -2.15. The summed E-state index contributed by atoms with van der Waals surface area (Å²) in [5.41, 5.74) is 1.32. The van der Waals surface area contributed by atoms with E-state index in [1.807, 2.05) is 0 Å². The summed E-state index contributed by atoms with van der Waals surface area (Å²) in [7, 11) is 0. The first-order valence-electron chi connectivity index (χ1n) is 5.33. The largest absolute Gasteiger partial charge is 0.396 e. The molecule has 0 saturated carbocycles. The van der Waals surface area contributed by atoms with Crippen molar-refractivity contribution in [3.05, 3.63) is 24.0 Å². The molecule has 0 radical (unpaired) electrons. The number of aliphatic hydroxyl groups excluding tert-OH is 1. The van der Waals surface area contributed by atoms with E-state index in [9.17, 15) is 0 Å². The second-order valence-corrected chi connectivity index (χ2v) is 3.51. The zero-order valence-electron chi connectivity index (χ0n) is 8.87. The van der Waals surface area contributed by atoms with E-state index in [4.69, 9.17) is 5.11 Å². The Morgan fingerprint density at radius 2 is 2.36 bits per heavy atom. The molecule has 14 heavy (non-hydrogen) atoms. The normalized spacial score (nSPS) is 10.7. The molecule has 2 N–H and O–H groups in total. The number of nitrogens with zero attached hydrogens (tertiary/aromatic N) is 1. The van der Waals surface area contributed by atoms with Crippen LogP contribution < -0.4 is 5.32 Å². The maximum atomic E-state index is 8.59.